The maximum atomic E-state index is 13.6. The second-order valence-electron chi connectivity index (χ2n) is 8.68. The van der Waals surface area contributed by atoms with Crippen LogP contribution in [0.5, 0.6) is 0 Å². The number of carbonyl (C=O) groups is 1. The first kappa shape index (κ1) is 22.2. The van der Waals surface area contributed by atoms with Gasteiger partial charge in [-0.25, -0.2) is 23.5 Å². The molecule has 0 unspecified atom stereocenters. The number of piperazine rings is 1. The van der Waals surface area contributed by atoms with Crippen LogP contribution >= 0.6 is 0 Å². The number of anilines is 2. The van der Waals surface area contributed by atoms with Crippen LogP contribution in [-0.4, -0.2) is 65.6 Å². The Morgan fingerprint density at radius 2 is 1.71 bits per heavy atom. The van der Waals surface area contributed by atoms with E-state index < -0.39 is 11.6 Å². The number of nitrogens with one attached hydrogen (secondary N) is 1. The second-order valence-corrected chi connectivity index (χ2v) is 8.68. The van der Waals surface area contributed by atoms with Gasteiger partial charge in [0.1, 0.15) is 5.82 Å². The molecule has 0 spiro atoms. The number of hydrogen-bond donors (Lipinski definition) is 1. The van der Waals surface area contributed by atoms with Crippen molar-refractivity contribution in [1.29, 1.82) is 0 Å². The summed E-state index contributed by atoms with van der Waals surface area (Å²) in [6, 6.07) is 12.9. The molecule has 0 atom stereocenters. The molecular formula is C25H26F2N6O. The summed E-state index contributed by atoms with van der Waals surface area (Å²) in [7, 11) is 2.10. The van der Waals surface area contributed by atoms with E-state index in [4.69, 9.17) is 9.97 Å². The van der Waals surface area contributed by atoms with Crippen LogP contribution in [0.1, 0.15) is 11.3 Å². The third-order valence-electron chi connectivity index (χ3n) is 6.33. The Labute approximate surface area is 197 Å². The van der Waals surface area contributed by atoms with Crippen molar-refractivity contribution in [3.8, 4) is 11.4 Å². The van der Waals surface area contributed by atoms with E-state index in [1.54, 1.807) is 4.90 Å². The fraction of sp³-hybridized carbons (Fsp3) is 0.320. The summed E-state index contributed by atoms with van der Waals surface area (Å²) in [6.07, 6.45) is 0.587. The van der Waals surface area contributed by atoms with Crippen LogP contribution in [0.2, 0.25) is 0 Å². The van der Waals surface area contributed by atoms with E-state index in [2.05, 4.69) is 22.2 Å². The van der Waals surface area contributed by atoms with Crippen molar-refractivity contribution < 1.29 is 13.6 Å². The number of likely N-dealkylation sites (N-methyl/N-ethyl adjacent to an activating group) is 1. The van der Waals surface area contributed by atoms with Gasteiger partial charge < -0.3 is 20.0 Å². The van der Waals surface area contributed by atoms with Crippen LogP contribution in [0.15, 0.2) is 48.5 Å². The number of benzene rings is 2. The minimum atomic E-state index is -0.999. The number of hydrogen-bond acceptors (Lipinski definition) is 5. The van der Waals surface area contributed by atoms with Gasteiger partial charge in [-0.3, -0.25) is 0 Å². The lowest BCUT2D eigenvalue weighted by molar-refractivity contribution is 0.206. The van der Waals surface area contributed by atoms with Crippen LogP contribution in [-0.2, 0) is 13.0 Å². The van der Waals surface area contributed by atoms with Crippen LogP contribution in [0.25, 0.3) is 11.4 Å². The molecule has 176 valence electrons. The van der Waals surface area contributed by atoms with Gasteiger partial charge in [0, 0.05) is 62.0 Å². The summed E-state index contributed by atoms with van der Waals surface area (Å²) in [5.74, 6) is -0.399. The Hall–Kier alpha value is -3.59. The van der Waals surface area contributed by atoms with Crippen molar-refractivity contribution in [2.45, 2.75) is 13.0 Å². The Balaban J connectivity index is 1.44. The molecule has 2 aromatic carbocycles. The Morgan fingerprint density at radius 1 is 0.941 bits per heavy atom. The lowest BCUT2D eigenvalue weighted by atomic mass is 10.0. The average Bonchev–Trinajstić information content (AvgIpc) is 2.86. The molecule has 7 nitrogen and oxygen atoms in total. The largest absolute Gasteiger partial charge is 0.354 e. The van der Waals surface area contributed by atoms with Gasteiger partial charge in [0.05, 0.1) is 12.2 Å². The van der Waals surface area contributed by atoms with Crippen molar-refractivity contribution >= 4 is 17.5 Å². The first-order valence-corrected chi connectivity index (χ1v) is 11.4. The molecule has 2 aliphatic heterocycles. The number of fused-ring (bicyclic) bond motifs is 1. The topological polar surface area (TPSA) is 64.6 Å². The van der Waals surface area contributed by atoms with E-state index in [1.165, 1.54) is 6.07 Å². The molecule has 0 aliphatic carbocycles. The zero-order chi connectivity index (χ0) is 23.7. The van der Waals surface area contributed by atoms with Gasteiger partial charge in [-0.1, -0.05) is 30.3 Å². The second kappa shape index (κ2) is 9.34. The van der Waals surface area contributed by atoms with Crippen molar-refractivity contribution in [3.63, 3.8) is 0 Å². The molecule has 1 saturated heterocycles. The highest BCUT2D eigenvalue weighted by atomic mass is 19.2. The summed E-state index contributed by atoms with van der Waals surface area (Å²) in [6.45, 7) is 4.36. The molecule has 0 saturated carbocycles. The van der Waals surface area contributed by atoms with Gasteiger partial charge in [-0.15, -0.1) is 0 Å². The summed E-state index contributed by atoms with van der Waals surface area (Å²) < 4.78 is 26.8. The third-order valence-corrected chi connectivity index (χ3v) is 6.33. The van der Waals surface area contributed by atoms with Crippen molar-refractivity contribution in [1.82, 2.24) is 19.8 Å². The predicted molar refractivity (Wildman–Crippen MR) is 127 cm³/mol. The molecule has 2 amide bonds. The first-order chi connectivity index (χ1) is 16.5. The molecule has 3 heterocycles. The van der Waals surface area contributed by atoms with Crippen molar-refractivity contribution in [3.05, 3.63) is 71.4 Å². The smallest absolute Gasteiger partial charge is 0.322 e. The highest BCUT2D eigenvalue weighted by Crippen LogP contribution is 2.30. The summed E-state index contributed by atoms with van der Waals surface area (Å²) in [4.78, 5) is 28.9. The maximum absolute atomic E-state index is 13.6. The van der Waals surface area contributed by atoms with E-state index in [1.807, 2.05) is 30.3 Å². The van der Waals surface area contributed by atoms with E-state index in [0.29, 0.717) is 25.3 Å². The SMILES string of the molecule is CN1CCN(c2nc(-c3ccccc3)nc3c2CN(C(=O)Nc2ccc(F)c(F)c2)CC3)CC1. The van der Waals surface area contributed by atoms with Crippen LogP contribution in [0.3, 0.4) is 0 Å². The molecule has 5 rings (SSSR count). The fourth-order valence-corrected chi connectivity index (χ4v) is 4.34. The standard InChI is InChI=1S/C25H26F2N6O/c1-31-11-13-32(14-12-31)24-19-16-33(25(34)28-18-7-8-20(26)21(27)15-18)10-9-22(19)29-23(30-24)17-5-3-2-4-6-17/h2-8,15H,9-14,16H2,1H3,(H,28,34). The molecule has 1 N–H and O–H groups in total. The lowest BCUT2D eigenvalue weighted by Gasteiger charge is -2.37. The zero-order valence-electron chi connectivity index (χ0n) is 19.0. The Bertz CT molecular complexity index is 1200. The van der Waals surface area contributed by atoms with E-state index >= 15 is 0 Å². The van der Waals surface area contributed by atoms with Gasteiger partial charge in [0.2, 0.25) is 0 Å². The van der Waals surface area contributed by atoms with Gasteiger partial charge in [-0.05, 0) is 19.2 Å². The molecule has 3 aromatic rings. The van der Waals surface area contributed by atoms with Gasteiger partial charge in [0.25, 0.3) is 0 Å². The average molecular weight is 465 g/mol. The first-order valence-electron chi connectivity index (χ1n) is 11.4. The molecule has 1 fully saturated rings. The minimum Gasteiger partial charge on any atom is -0.354 e. The van der Waals surface area contributed by atoms with Crippen molar-refractivity contribution in [2.75, 3.05) is 50.0 Å². The van der Waals surface area contributed by atoms with Gasteiger partial charge in [-0.2, -0.15) is 0 Å². The van der Waals surface area contributed by atoms with Gasteiger partial charge in [0.15, 0.2) is 17.5 Å². The highest BCUT2D eigenvalue weighted by Gasteiger charge is 2.29. The number of rotatable bonds is 3. The Morgan fingerprint density at radius 3 is 2.44 bits per heavy atom. The number of halogens is 2. The molecule has 0 bridgehead atoms. The quantitative estimate of drug-likeness (QED) is 0.640. The highest BCUT2D eigenvalue weighted by molar-refractivity contribution is 5.89. The van der Waals surface area contributed by atoms with Crippen molar-refractivity contribution in [2.24, 2.45) is 0 Å². The van der Waals surface area contributed by atoms with E-state index in [-0.39, 0.29) is 11.7 Å². The van der Waals surface area contributed by atoms with Crippen LogP contribution < -0.4 is 10.2 Å². The maximum Gasteiger partial charge on any atom is 0.322 e. The fourth-order valence-electron chi connectivity index (χ4n) is 4.34. The summed E-state index contributed by atoms with van der Waals surface area (Å²) in [5.41, 5.74) is 3.06. The number of carbonyl (C=O) groups excluding carboxylic acids is 1. The molecule has 9 heteroatoms. The molecule has 1 aromatic heterocycles. The predicted octanol–water partition coefficient (Wildman–Crippen LogP) is 3.76. The zero-order valence-corrected chi connectivity index (χ0v) is 19.0. The summed E-state index contributed by atoms with van der Waals surface area (Å²) in [5, 5.41) is 2.67. The summed E-state index contributed by atoms with van der Waals surface area (Å²) >= 11 is 0. The molecule has 34 heavy (non-hydrogen) atoms. The van der Waals surface area contributed by atoms with E-state index in [0.717, 1.165) is 61.0 Å². The third kappa shape index (κ3) is 4.56. The van der Waals surface area contributed by atoms with Gasteiger partial charge >= 0.3 is 6.03 Å². The number of nitrogens with zero attached hydrogens (tertiary/aromatic N) is 5. The molecule has 0 radical (unpaired) electrons. The Kier molecular flexibility index (Phi) is 6.10. The minimum absolute atomic E-state index is 0.213. The van der Waals surface area contributed by atoms with Crippen LogP contribution in [0.4, 0.5) is 25.1 Å². The van der Waals surface area contributed by atoms with Crippen LogP contribution in [0, 0.1) is 11.6 Å². The molecule has 2 aliphatic rings. The molecular weight excluding hydrogens is 438 g/mol. The number of aromatic nitrogens is 2. The normalized spacial score (nSPS) is 16.3. The number of urea groups is 1. The number of amides is 2. The van der Waals surface area contributed by atoms with E-state index in [9.17, 15) is 13.6 Å². The monoisotopic (exact) mass is 464 g/mol. The lowest BCUT2D eigenvalue weighted by Crippen LogP contribution is -2.46.